The van der Waals surface area contributed by atoms with E-state index in [4.69, 9.17) is 14.2 Å². The normalized spacial score (nSPS) is 12.4. The van der Waals surface area contributed by atoms with Gasteiger partial charge in [-0.2, -0.15) is 0 Å². The molecule has 0 aliphatic carbocycles. The molecule has 0 saturated carbocycles. The van der Waals surface area contributed by atoms with Crippen molar-refractivity contribution in [2.45, 2.75) is 13.0 Å². The van der Waals surface area contributed by atoms with E-state index in [1.54, 1.807) is 21.3 Å². The van der Waals surface area contributed by atoms with Gasteiger partial charge in [-0.1, -0.05) is 12.1 Å². The summed E-state index contributed by atoms with van der Waals surface area (Å²) in [6.45, 7) is 3.22. The Morgan fingerprint density at radius 2 is 1.76 bits per heavy atom. The second-order valence-electron chi connectivity index (χ2n) is 6.63. The summed E-state index contributed by atoms with van der Waals surface area (Å²) in [6.07, 6.45) is 0. The maximum absolute atomic E-state index is 5.57. The van der Waals surface area contributed by atoms with Crippen LogP contribution in [0.1, 0.15) is 18.5 Å². The maximum atomic E-state index is 5.57. The van der Waals surface area contributed by atoms with Crippen LogP contribution in [0.5, 0.6) is 17.2 Å². The zero-order valence-electron chi connectivity index (χ0n) is 18.2. The molecule has 0 aliphatic rings. The van der Waals surface area contributed by atoms with E-state index in [-0.39, 0.29) is 6.04 Å². The molecule has 0 amide bonds. The topological polar surface area (TPSA) is 67.3 Å². The Hall–Kier alpha value is -2.93. The second kappa shape index (κ2) is 11.2. The van der Waals surface area contributed by atoms with Crippen molar-refractivity contribution in [3.8, 4) is 17.2 Å². The summed E-state index contributed by atoms with van der Waals surface area (Å²) in [4.78, 5) is 6.50. The molecule has 2 aromatic carbocycles. The SMILES string of the molecule is CCOc1ccc(NC(=NC)NCC(c2ccc(OC)cc2)N(C)C)cc1OC. The fourth-order valence-electron chi connectivity index (χ4n) is 2.95. The number of benzene rings is 2. The molecule has 0 bridgehead atoms. The fourth-order valence-corrected chi connectivity index (χ4v) is 2.95. The van der Waals surface area contributed by atoms with Gasteiger partial charge in [-0.05, 0) is 50.8 Å². The van der Waals surface area contributed by atoms with Crippen molar-refractivity contribution in [2.24, 2.45) is 4.99 Å². The molecular formula is C22H32N4O3. The van der Waals surface area contributed by atoms with Crippen LogP contribution in [-0.2, 0) is 0 Å². The number of likely N-dealkylation sites (N-methyl/N-ethyl adjacent to an activating group) is 1. The smallest absolute Gasteiger partial charge is 0.195 e. The molecule has 7 heteroatoms. The van der Waals surface area contributed by atoms with Crippen LogP contribution < -0.4 is 24.8 Å². The third-order valence-electron chi connectivity index (χ3n) is 4.54. The molecule has 1 atom stereocenters. The average Bonchev–Trinajstić information content (AvgIpc) is 2.74. The number of rotatable bonds is 9. The summed E-state index contributed by atoms with van der Waals surface area (Å²) in [5.41, 5.74) is 2.06. The van der Waals surface area contributed by atoms with Gasteiger partial charge in [0.1, 0.15) is 5.75 Å². The first kappa shape index (κ1) is 22.4. The molecule has 2 N–H and O–H groups in total. The zero-order chi connectivity index (χ0) is 21.2. The summed E-state index contributed by atoms with van der Waals surface area (Å²) < 4.78 is 16.2. The number of anilines is 1. The maximum Gasteiger partial charge on any atom is 0.195 e. The highest BCUT2D eigenvalue weighted by atomic mass is 16.5. The van der Waals surface area contributed by atoms with Gasteiger partial charge in [0.2, 0.25) is 0 Å². The lowest BCUT2D eigenvalue weighted by molar-refractivity contribution is 0.298. The number of methoxy groups -OCH3 is 2. The van der Waals surface area contributed by atoms with Crippen LogP contribution in [0.25, 0.3) is 0 Å². The first-order valence-corrected chi connectivity index (χ1v) is 9.61. The van der Waals surface area contributed by atoms with Gasteiger partial charge in [0.25, 0.3) is 0 Å². The average molecular weight is 401 g/mol. The number of aliphatic imine (C=N–C) groups is 1. The molecule has 0 spiro atoms. The summed E-state index contributed by atoms with van der Waals surface area (Å²) in [5, 5.41) is 6.70. The highest BCUT2D eigenvalue weighted by Crippen LogP contribution is 2.30. The van der Waals surface area contributed by atoms with Crippen molar-refractivity contribution in [3.05, 3.63) is 48.0 Å². The van der Waals surface area contributed by atoms with E-state index in [9.17, 15) is 0 Å². The summed E-state index contributed by atoms with van der Waals surface area (Å²) >= 11 is 0. The zero-order valence-corrected chi connectivity index (χ0v) is 18.2. The van der Waals surface area contributed by atoms with Crippen LogP contribution in [0.15, 0.2) is 47.5 Å². The van der Waals surface area contributed by atoms with E-state index in [0.29, 0.717) is 24.9 Å². The number of nitrogens with zero attached hydrogens (tertiary/aromatic N) is 2. The van der Waals surface area contributed by atoms with E-state index in [0.717, 1.165) is 17.2 Å². The molecule has 2 rings (SSSR count). The largest absolute Gasteiger partial charge is 0.497 e. The first-order valence-electron chi connectivity index (χ1n) is 9.61. The standard InChI is InChI=1S/C22H32N4O3/c1-7-29-20-13-10-17(14-21(20)28-6)25-22(23-2)24-15-19(26(3)4)16-8-11-18(27-5)12-9-16/h8-14,19H,7,15H2,1-6H3,(H2,23,24,25). The molecule has 0 fully saturated rings. The number of hydrogen-bond donors (Lipinski definition) is 2. The molecule has 0 saturated heterocycles. The lowest BCUT2D eigenvalue weighted by Crippen LogP contribution is -2.38. The van der Waals surface area contributed by atoms with E-state index in [2.05, 4.69) is 46.8 Å². The van der Waals surface area contributed by atoms with E-state index in [1.165, 1.54) is 5.56 Å². The van der Waals surface area contributed by atoms with Crippen molar-refractivity contribution in [2.75, 3.05) is 53.8 Å². The number of hydrogen-bond acceptors (Lipinski definition) is 5. The fraction of sp³-hybridized carbons (Fsp3) is 0.409. The quantitative estimate of drug-likeness (QED) is 0.497. The van der Waals surface area contributed by atoms with Gasteiger partial charge in [-0.25, -0.2) is 0 Å². The molecule has 7 nitrogen and oxygen atoms in total. The Kier molecular flexibility index (Phi) is 8.61. The van der Waals surface area contributed by atoms with Crippen LogP contribution in [-0.4, -0.2) is 59.4 Å². The summed E-state index contributed by atoms with van der Waals surface area (Å²) in [6, 6.07) is 14.0. The highest BCUT2D eigenvalue weighted by Gasteiger charge is 2.15. The Balaban J connectivity index is 2.06. The van der Waals surface area contributed by atoms with Crippen molar-refractivity contribution in [1.29, 1.82) is 0 Å². The van der Waals surface area contributed by atoms with Crippen LogP contribution in [0.3, 0.4) is 0 Å². The van der Waals surface area contributed by atoms with E-state index < -0.39 is 0 Å². The number of nitrogens with one attached hydrogen (secondary N) is 2. The third-order valence-corrected chi connectivity index (χ3v) is 4.54. The van der Waals surface area contributed by atoms with E-state index in [1.807, 2.05) is 37.3 Å². The van der Waals surface area contributed by atoms with Gasteiger partial charge >= 0.3 is 0 Å². The molecular weight excluding hydrogens is 368 g/mol. The number of guanidine groups is 1. The third kappa shape index (κ3) is 6.29. The van der Waals surface area contributed by atoms with Gasteiger partial charge in [0, 0.05) is 25.3 Å². The van der Waals surface area contributed by atoms with Gasteiger partial charge in [-0.3, -0.25) is 4.99 Å². The van der Waals surface area contributed by atoms with Crippen molar-refractivity contribution in [1.82, 2.24) is 10.2 Å². The van der Waals surface area contributed by atoms with Crippen LogP contribution in [0.4, 0.5) is 5.69 Å². The molecule has 158 valence electrons. The minimum atomic E-state index is 0.175. The van der Waals surface area contributed by atoms with Gasteiger partial charge in [-0.15, -0.1) is 0 Å². The van der Waals surface area contributed by atoms with Gasteiger partial charge < -0.3 is 29.7 Å². The lowest BCUT2D eigenvalue weighted by Gasteiger charge is -2.26. The molecule has 29 heavy (non-hydrogen) atoms. The molecule has 2 aromatic rings. The Labute approximate surface area is 173 Å². The Morgan fingerprint density at radius 1 is 1.03 bits per heavy atom. The van der Waals surface area contributed by atoms with Crippen molar-refractivity contribution < 1.29 is 14.2 Å². The van der Waals surface area contributed by atoms with Crippen molar-refractivity contribution >= 4 is 11.6 Å². The molecule has 0 aliphatic heterocycles. The van der Waals surface area contributed by atoms with Gasteiger partial charge in [0.15, 0.2) is 17.5 Å². The predicted molar refractivity (Wildman–Crippen MR) is 119 cm³/mol. The van der Waals surface area contributed by atoms with Crippen LogP contribution in [0, 0.1) is 0 Å². The number of ether oxygens (including phenoxy) is 3. The molecule has 0 aromatic heterocycles. The second-order valence-corrected chi connectivity index (χ2v) is 6.63. The minimum absolute atomic E-state index is 0.175. The molecule has 0 heterocycles. The van der Waals surface area contributed by atoms with Crippen LogP contribution >= 0.6 is 0 Å². The first-order chi connectivity index (χ1) is 14.0. The lowest BCUT2D eigenvalue weighted by atomic mass is 10.1. The molecule has 1 unspecified atom stereocenters. The van der Waals surface area contributed by atoms with Crippen LogP contribution in [0.2, 0.25) is 0 Å². The Bertz CT molecular complexity index is 791. The monoisotopic (exact) mass is 400 g/mol. The predicted octanol–water partition coefficient (Wildman–Crippen LogP) is 3.39. The van der Waals surface area contributed by atoms with Gasteiger partial charge in [0.05, 0.1) is 26.9 Å². The summed E-state index contributed by atoms with van der Waals surface area (Å²) in [7, 11) is 9.17. The highest BCUT2D eigenvalue weighted by molar-refractivity contribution is 5.93. The van der Waals surface area contributed by atoms with Crippen molar-refractivity contribution in [3.63, 3.8) is 0 Å². The van der Waals surface area contributed by atoms with E-state index >= 15 is 0 Å². The molecule has 0 radical (unpaired) electrons. The minimum Gasteiger partial charge on any atom is -0.497 e. The Morgan fingerprint density at radius 3 is 2.31 bits per heavy atom. The summed E-state index contributed by atoms with van der Waals surface area (Å²) in [5.74, 6) is 2.92.